The largest absolute Gasteiger partial charge is 0.454 e. The maximum absolute atomic E-state index is 5.68. The van der Waals surface area contributed by atoms with Crippen LogP contribution in [-0.2, 0) is 0 Å². The van der Waals surface area contributed by atoms with Crippen LogP contribution in [0.4, 0.5) is 5.82 Å². The fraction of sp³-hybridized carbons (Fsp3) is 0.438. The molecule has 1 unspecified atom stereocenters. The zero-order valence-corrected chi connectivity index (χ0v) is 11.9. The van der Waals surface area contributed by atoms with Crippen molar-refractivity contribution in [3.8, 4) is 11.5 Å². The van der Waals surface area contributed by atoms with Crippen LogP contribution in [0.15, 0.2) is 24.4 Å². The van der Waals surface area contributed by atoms with Gasteiger partial charge in [-0.05, 0) is 48.9 Å². The average molecular weight is 285 g/mol. The molecule has 0 saturated carbocycles. The van der Waals surface area contributed by atoms with Crippen molar-refractivity contribution in [1.29, 1.82) is 0 Å². The summed E-state index contributed by atoms with van der Waals surface area (Å²) < 4.78 is 10.9. The lowest BCUT2D eigenvalue weighted by molar-refractivity contribution is 0.174. The summed E-state index contributed by atoms with van der Waals surface area (Å²) in [5.41, 5.74) is 5.68. The molecule has 0 radical (unpaired) electrons. The second-order valence-corrected chi connectivity index (χ2v) is 5.74. The first-order chi connectivity index (χ1) is 10.3. The van der Waals surface area contributed by atoms with Crippen LogP contribution in [0.5, 0.6) is 11.5 Å². The Hall–Kier alpha value is -2.01. The fourth-order valence-electron chi connectivity index (χ4n) is 3.30. The van der Waals surface area contributed by atoms with Crippen molar-refractivity contribution in [2.75, 3.05) is 31.3 Å². The first-order valence-electron chi connectivity index (χ1n) is 7.48. The number of aromatic nitrogens is 1. The van der Waals surface area contributed by atoms with Gasteiger partial charge >= 0.3 is 0 Å². The van der Waals surface area contributed by atoms with E-state index in [0.717, 1.165) is 54.1 Å². The molecule has 0 spiro atoms. The van der Waals surface area contributed by atoms with E-state index in [2.05, 4.69) is 16.0 Å². The minimum absolute atomic E-state index is 0.302. The lowest BCUT2D eigenvalue weighted by atomic mass is 10.1. The van der Waals surface area contributed by atoms with E-state index in [-0.39, 0.29) is 0 Å². The van der Waals surface area contributed by atoms with Gasteiger partial charge in [0.2, 0.25) is 6.79 Å². The van der Waals surface area contributed by atoms with Crippen LogP contribution in [0.2, 0.25) is 0 Å². The number of ether oxygens (including phenoxy) is 2. The summed E-state index contributed by atoms with van der Waals surface area (Å²) in [5, 5.41) is 2.28. The summed E-state index contributed by atoms with van der Waals surface area (Å²) >= 11 is 0. The Morgan fingerprint density at radius 1 is 1.29 bits per heavy atom. The zero-order chi connectivity index (χ0) is 14.2. The molecule has 5 nitrogen and oxygen atoms in total. The summed E-state index contributed by atoms with van der Waals surface area (Å²) in [6, 6.07) is 6.11. The molecule has 0 aliphatic carbocycles. The molecule has 2 aliphatic heterocycles. The quantitative estimate of drug-likeness (QED) is 0.936. The van der Waals surface area contributed by atoms with Gasteiger partial charge in [-0.25, -0.2) is 4.98 Å². The molecule has 1 saturated heterocycles. The molecular weight excluding hydrogens is 266 g/mol. The Balaban J connectivity index is 1.72. The first kappa shape index (κ1) is 12.7. The SMILES string of the molecule is NCCC1CCN(c2nccc3cc4c(cc23)OCO4)C1. The van der Waals surface area contributed by atoms with Gasteiger partial charge in [0.15, 0.2) is 11.5 Å². The second kappa shape index (κ2) is 5.07. The maximum Gasteiger partial charge on any atom is 0.231 e. The molecule has 2 aliphatic rings. The number of pyridine rings is 1. The van der Waals surface area contributed by atoms with Crippen molar-refractivity contribution in [1.82, 2.24) is 4.98 Å². The summed E-state index contributed by atoms with van der Waals surface area (Å²) in [7, 11) is 0. The maximum atomic E-state index is 5.68. The summed E-state index contributed by atoms with van der Waals surface area (Å²) in [5.74, 6) is 3.36. The van der Waals surface area contributed by atoms with Gasteiger partial charge in [-0.3, -0.25) is 0 Å². The third-order valence-corrected chi connectivity index (χ3v) is 4.40. The van der Waals surface area contributed by atoms with Gasteiger partial charge < -0.3 is 20.1 Å². The summed E-state index contributed by atoms with van der Waals surface area (Å²) in [6.07, 6.45) is 4.16. The molecule has 2 N–H and O–H groups in total. The van der Waals surface area contributed by atoms with Gasteiger partial charge in [0.05, 0.1) is 0 Å². The van der Waals surface area contributed by atoms with Crippen LogP contribution in [0.3, 0.4) is 0 Å². The Morgan fingerprint density at radius 2 is 2.14 bits per heavy atom. The first-order valence-corrected chi connectivity index (χ1v) is 7.48. The highest BCUT2D eigenvalue weighted by molar-refractivity contribution is 5.94. The van der Waals surface area contributed by atoms with E-state index in [1.54, 1.807) is 0 Å². The van der Waals surface area contributed by atoms with Crippen molar-refractivity contribution >= 4 is 16.6 Å². The van der Waals surface area contributed by atoms with Gasteiger partial charge in [0.1, 0.15) is 5.82 Å². The Morgan fingerprint density at radius 3 is 3.00 bits per heavy atom. The third-order valence-electron chi connectivity index (χ3n) is 4.40. The van der Waals surface area contributed by atoms with Crippen molar-refractivity contribution in [2.45, 2.75) is 12.8 Å². The molecule has 3 heterocycles. The third kappa shape index (κ3) is 2.17. The lowest BCUT2D eigenvalue weighted by Crippen LogP contribution is -2.21. The van der Waals surface area contributed by atoms with E-state index in [0.29, 0.717) is 12.7 Å². The molecule has 1 aromatic carbocycles. The molecular formula is C16H19N3O2. The molecule has 4 rings (SSSR count). The molecule has 0 bridgehead atoms. The molecule has 1 fully saturated rings. The van der Waals surface area contributed by atoms with E-state index in [1.807, 2.05) is 18.3 Å². The Kier molecular flexibility index (Phi) is 3.07. The van der Waals surface area contributed by atoms with Gasteiger partial charge in [-0.15, -0.1) is 0 Å². The average Bonchev–Trinajstić information content (AvgIpc) is 3.13. The summed E-state index contributed by atoms with van der Waals surface area (Å²) in [4.78, 5) is 6.97. The van der Waals surface area contributed by atoms with E-state index < -0.39 is 0 Å². The highest BCUT2D eigenvalue weighted by atomic mass is 16.7. The van der Waals surface area contributed by atoms with Crippen LogP contribution in [0.1, 0.15) is 12.8 Å². The number of anilines is 1. The number of fused-ring (bicyclic) bond motifs is 2. The number of hydrogen-bond acceptors (Lipinski definition) is 5. The van der Waals surface area contributed by atoms with Crippen LogP contribution in [0.25, 0.3) is 10.8 Å². The molecule has 21 heavy (non-hydrogen) atoms. The summed E-state index contributed by atoms with van der Waals surface area (Å²) in [6.45, 7) is 3.15. The van der Waals surface area contributed by atoms with Crippen LogP contribution in [0, 0.1) is 5.92 Å². The lowest BCUT2D eigenvalue weighted by Gasteiger charge is -2.19. The van der Waals surface area contributed by atoms with Gasteiger partial charge in [-0.1, -0.05) is 0 Å². The molecule has 1 aromatic heterocycles. The number of nitrogens with zero attached hydrogens (tertiary/aromatic N) is 2. The predicted molar refractivity (Wildman–Crippen MR) is 81.9 cm³/mol. The number of hydrogen-bond donors (Lipinski definition) is 1. The zero-order valence-electron chi connectivity index (χ0n) is 11.9. The van der Waals surface area contributed by atoms with Crippen LogP contribution >= 0.6 is 0 Å². The monoisotopic (exact) mass is 285 g/mol. The topological polar surface area (TPSA) is 60.6 Å². The normalized spacial score (nSPS) is 20.4. The van der Waals surface area contributed by atoms with E-state index in [4.69, 9.17) is 15.2 Å². The van der Waals surface area contributed by atoms with E-state index in [9.17, 15) is 0 Å². The van der Waals surface area contributed by atoms with Crippen molar-refractivity contribution in [3.63, 3.8) is 0 Å². The Labute approximate surface area is 123 Å². The number of benzene rings is 1. The highest BCUT2D eigenvalue weighted by Crippen LogP contribution is 2.39. The molecule has 1 atom stereocenters. The van der Waals surface area contributed by atoms with E-state index >= 15 is 0 Å². The van der Waals surface area contributed by atoms with Crippen LogP contribution in [-0.4, -0.2) is 31.4 Å². The molecule has 0 amide bonds. The van der Waals surface area contributed by atoms with Crippen molar-refractivity contribution in [2.24, 2.45) is 11.7 Å². The highest BCUT2D eigenvalue weighted by Gasteiger charge is 2.25. The molecule has 2 aromatic rings. The van der Waals surface area contributed by atoms with Crippen LogP contribution < -0.4 is 20.1 Å². The number of rotatable bonds is 3. The van der Waals surface area contributed by atoms with E-state index in [1.165, 1.54) is 6.42 Å². The van der Waals surface area contributed by atoms with Crippen molar-refractivity contribution in [3.05, 3.63) is 24.4 Å². The van der Waals surface area contributed by atoms with Gasteiger partial charge in [0.25, 0.3) is 0 Å². The molecule has 5 heteroatoms. The van der Waals surface area contributed by atoms with Gasteiger partial charge in [-0.2, -0.15) is 0 Å². The van der Waals surface area contributed by atoms with Crippen molar-refractivity contribution < 1.29 is 9.47 Å². The molecule has 110 valence electrons. The smallest absolute Gasteiger partial charge is 0.231 e. The standard InChI is InChI=1S/C16H19N3O2/c17-4-1-11-3-6-19(9-11)16-13-8-15-14(20-10-21-15)7-12(13)2-5-18-16/h2,5,7-8,11H,1,3-4,6,9-10,17H2. The number of nitrogens with two attached hydrogens (primary N) is 1. The fourth-order valence-corrected chi connectivity index (χ4v) is 3.30. The minimum atomic E-state index is 0.302. The second-order valence-electron chi connectivity index (χ2n) is 5.74. The minimum Gasteiger partial charge on any atom is -0.454 e. The Bertz CT molecular complexity index is 674. The predicted octanol–water partition coefficient (Wildman–Crippen LogP) is 2.14. The van der Waals surface area contributed by atoms with Gasteiger partial charge in [0, 0.05) is 24.7 Å².